The van der Waals surface area contributed by atoms with Gasteiger partial charge in [-0.05, 0) is 35.7 Å². The fourth-order valence-corrected chi connectivity index (χ4v) is 4.61. The van der Waals surface area contributed by atoms with Gasteiger partial charge in [-0.3, -0.25) is 4.79 Å². The molecule has 0 aliphatic rings. The molecule has 0 atom stereocenters. The van der Waals surface area contributed by atoms with Crippen LogP contribution in [0.1, 0.15) is 0 Å². The van der Waals surface area contributed by atoms with E-state index < -0.39 is 0 Å². The molecule has 0 aliphatic heterocycles. The van der Waals surface area contributed by atoms with Gasteiger partial charge in [-0.2, -0.15) is 6.07 Å². The number of aromatic nitrogens is 3. The zero-order chi connectivity index (χ0) is 22.1. The SMILES string of the molecule is O=c1c2cccnc2n2c3[c-]c(Oc4ccc5cccc(O)c5n4)ccc3c3cccc1c32.[Pt]. The van der Waals surface area contributed by atoms with E-state index in [1.54, 1.807) is 36.5 Å². The first-order valence-electron chi connectivity index (χ1n) is 10.5. The minimum absolute atomic E-state index is 0. The fourth-order valence-electron chi connectivity index (χ4n) is 4.61. The van der Waals surface area contributed by atoms with Crippen molar-refractivity contribution in [2.24, 2.45) is 0 Å². The Balaban J connectivity index is 0.00000217. The summed E-state index contributed by atoms with van der Waals surface area (Å²) in [5.41, 5.74) is 2.62. The van der Waals surface area contributed by atoms with Crippen LogP contribution in [0.4, 0.5) is 0 Å². The van der Waals surface area contributed by atoms with Crippen molar-refractivity contribution in [3.63, 3.8) is 0 Å². The van der Waals surface area contributed by atoms with Crippen molar-refractivity contribution in [1.82, 2.24) is 14.4 Å². The predicted octanol–water partition coefficient (Wildman–Crippen LogP) is 5.44. The molecule has 4 aromatic heterocycles. The van der Waals surface area contributed by atoms with E-state index in [9.17, 15) is 9.90 Å². The van der Waals surface area contributed by atoms with E-state index in [0.717, 1.165) is 27.2 Å². The first-order valence-corrected chi connectivity index (χ1v) is 10.5. The van der Waals surface area contributed by atoms with Gasteiger partial charge in [0.15, 0.2) is 5.43 Å². The third-order valence-electron chi connectivity index (χ3n) is 6.05. The molecule has 0 spiro atoms. The summed E-state index contributed by atoms with van der Waals surface area (Å²) in [4.78, 5) is 22.1. The number of para-hydroxylation sites is 2. The number of nitrogens with zero attached hydrogens (tertiary/aromatic N) is 3. The summed E-state index contributed by atoms with van der Waals surface area (Å²) in [6.45, 7) is 0. The Hall–Kier alpha value is -4.02. The van der Waals surface area contributed by atoms with Crippen LogP contribution >= 0.6 is 0 Å². The third-order valence-corrected chi connectivity index (χ3v) is 6.05. The Kier molecular flexibility index (Phi) is 4.54. The van der Waals surface area contributed by atoms with Gasteiger partial charge in [-0.1, -0.05) is 29.8 Å². The number of pyridine rings is 3. The van der Waals surface area contributed by atoms with E-state index in [1.807, 2.05) is 46.9 Å². The summed E-state index contributed by atoms with van der Waals surface area (Å²) in [6, 6.07) is 25.3. The predicted molar refractivity (Wildman–Crippen MR) is 127 cm³/mol. The van der Waals surface area contributed by atoms with E-state index in [4.69, 9.17) is 4.74 Å². The van der Waals surface area contributed by atoms with Crippen LogP contribution in [0, 0.1) is 6.07 Å². The monoisotopic (exact) mass is 623 g/mol. The molecule has 0 saturated carbocycles. The largest absolute Gasteiger partial charge is 0.506 e. The van der Waals surface area contributed by atoms with Crippen LogP contribution in [0.25, 0.3) is 49.1 Å². The van der Waals surface area contributed by atoms with Crippen LogP contribution in [-0.4, -0.2) is 19.5 Å². The van der Waals surface area contributed by atoms with Crippen molar-refractivity contribution in [3.8, 4) is 17.4 Å². The minimum Gasteiger partial charge on any atom is -0.506 e. The Morgan fingerprint density at radius 1 is 0.853 bits per heavy atom. The standard InChI is InChI=1S/C27H14N3O3.Pt/c31-22-8-1-4-15-9-12-23(29-24(15)22)33-16-10-11-17-18-5-2-6-19-25(18)30(21(17)14-16)27-20(26(19)32)7-3-13-28-27;/h1-13,31H;/q-1;. The summed E-state index contributed by atoms with van der Waals surface area (Å²) >= 11 is 0. The first-order chi connectivity index (χ1) is 16.2. The molecular formula is C27H14N3O3Pt-. The number of benzene rings is 3. The zero-order valence-electron chi connectivity index (χ0n) is 17.4. The van der Waals surface area contributed by atoms with Gasteiger partial charge < -0.3 is 14.2 Å². The molecule has 34 heavy (non-hydrogen) atoms. The maximum atomic E-state index is 13.1. The van der Waals surface area contributed by atoms with E-state index in [0.29, 0.717) is 33.6 Å². The van der Waals surface area contributed by atoms with Gasteiger partial charge in [0, 0.05) is 49.9 Å². The number of hydrogen-bond acceptors (Lipinski definition) is 5. The second kappa shape index (κ2) is 7.50. The molecule has 7 heteroatoms. The summed E-state index contributed by atoms with van der Waals surface area (Å²) < 4.78 is 8.00. The normalized spacial score (nSPS) is 11.5. The summed E-state index contributed by atoms with van der Waals surface area (Å²) in [6.07, 6.45) is 1.68. The van der Waals surface area contributed by atoms with Crippen LogP contribution < -0.4 is 10.2 Å². The molecule has 7 rings (SSSR count). The van der Waals surface area contributed by atoms with Crippen LogP contribution in [0.2, 0.25) is 0 Å². The molecule has 6 nitrogen and oxygen atoms in total. The van der Waals surface area contributed by atoms with Crippen molar-refractivity contribution >= 4 is 49.1 Å². The number of rotatable bonds is 2. The van der Waals surface area contributed by atoms with Crippen molar-refractivity contribution in [3.05, 3.63) is 95.3 Å². The number of fused-ring (bicyclic) bond motifs is 6. The molecule has 3 aromatic carbocycles. The van der Waals surface area contributed by atoms with Gasteiger partial charge in [-0.25, -0.2) is 9.97 Å². The van der Waals surface area contributed by atoms with Crippen LogP contribution in [-0.2, 0) is 21.1 Å². The topological polar surface area (TPSA) is 76.7 Å². The molecule has 0 amide bonds. The molecule has 0 saturated heterocycles. The second-order valence-corrected chi connectivity index (χ2v) is 7.93. The quantitative estimate of drug-likeness (QED) is 0.205. The molecule has 0 unspecified atom stereocenters. The Morgan fingerprint density at radius 3 is 2.59 bits per heavy atom. The summed E-state index contributed by atoms with van der Waals surface area (Å²) in [5, 5.41) is 14.1. The van der Waals surface area contributed by atoms with Crippen molar-refractivity contribution in [2.45, 2.75) is 0 Å². The van der Waals surface area contributed by atoms with Gasteiger partial charge in [0.05, 0.1) is 10.9 Å². The molecule has 0 bridgehead atoms. The molecule has 4 heterocycles. The van der Waals surface area contributed by atoms with Gasteiger partial charge in [0.1, 0.15) is 16.9 Å². The first kappa shape index (κ1) is 20.6. The average molecular weight is 624 g/mol. The van der Waals surface area contributed by atoms with E-state index in [-0.39, 0.29) is 32.2 Å². The van der Waals surface area contributed by atoms with Crippen LogP contribution in [0.5, 0.6) is 17.4 Å². The number of phenols is 1. The van der Waals surface area contributed by atoms with Crippen LogP contribution in [0.15, 0.2) is 83.8 Å². The number of aromatic hydroxyl groups is 1. The molecule has 0 aliphatic carbocycles. The molecular weight excluding hydrogens is 609 g/mol. The maximum absolute atomic E-state index is 13.1. The second-order valence-electron chi connectivity index (χ2n) is 7.93. The van der Waals surface area contributed by atoms with Crippen LogP contribution in [0.3, 0.4) is 0 Å². The van der Waals surface area contributed by atoms with Gasteiger partial charge in [0.2, 0.25) is 5.88 Å². The van der Waals surface area contributed by atoms with Gasteiger partial charge in [0.25, 0.3) is 0 Å². The number of ether oxygens (including phenoxy) is 1. The van der Waals surface area contributed by atoms with E-state index in [1.165, 1.54) is 0 Å². The maximum Gasteiger partial charge on any atom is 0.217 e. The smallest absolute Gasteiger partial charge is 0.217 e. The molecule has 7 aromatic rings. The molecule has 0 fully saturated rings. The van der Waals surface area contributed by atoms with Gasteiger partial charge in [-0.15, -0.1) is 17.5 Å². The van der Waals surface area contributed by atoms with Crippen molar-refractivity contribution < 1.29 is 30.9 Å². The zero-order valence-corrected chi connectivity index (χ0v) is 19.7. The minimum atomic E-state index is -0.0318. The van der Waals surface area contributed by atoms with Crippen molar-refractivity contribution in [1.29, 1.82) is 0 Å². The fraction of sp³-hybridized carbons (Fsp3) is 0. The third kappa shape index (κ3) is 2.82. The summed E-state index contributed by atoms with van der Waals surface area (Å²) in [5.74, 6) is 0.919. The molecule has 1 N–H and O–H groups in total. The van der Waals surface area contributed by atoms with Crippen molar-refractivity contribution in [2.75, 3.05) is 0 Å². The average Bonchev–Trinajstić information content (AvgIpc) is 3.17. The van der Waals surface area contributed by atoms with E-state index >= 15 is 0 Å². The Bertz CT molecular complexity index is 1950. The molecule has 0 radical (unpaired) electrons. The van der Waals surface area contributed by atoms with Gasteiger partial charge >= 0.3 is 0 Å². The summed E-state index contributed by atoms with van der Waals surface area (Å²) in [7, 11) is 0. The molecule has 166 valence electrons. The Labute approximate surface area is 206 Å². The Morgan fingerprint density at radius 2 is 1.68 bits per heavy atom. The number of hydrogen-bond donors (Lipinski definition) is 1. The van der Waals surface area contributed by atoms with E-state index in [2.05, 4.69) is 16.0 Å². The number of phenolic OH excluding ortho intramolecular Hbond substituents is 1.